The highest BCUT2D eigenvalue weighted by molar-refractivity contribution is 9.10. The van der Waals surface area contributed by atoms with Crippen LogP contribution in [0.4, 0.5) is 11.6 Å². The average Bonchev–Trinajstić information content (AvgIpc) is 2.71. The number of anilines is 2. The van der Waals surface area contributed by atoms with E-state index in [1.165, 1.54) is 80.8 Å². The van der Waals surface area contributed by atoms with E-state index < -0.39 is 0 Å². The molecule has 3 rings (SSSR count). The molecule has 2 aliphatic heterocycles. The molecule has 2 aliphatic rings. The van der Waals surface area contributed by atoms with Crippen molar-refractivity contribution in [3.63, 3.8) is 0 Å². The van der Waals surface area contributed by atoms with Gasteiger partial charge in [-0.1, -0.05) is 0 Å². The van der Waals surface area contributed by atoms with Gasteiger partial charge in [0, 0.05) is 20.1 Å². The van der Waals surface area contributed by atoms with Crippen LogP contribution in [-0.4, -0.2) is 30.9 Å². The molecular formula is C15H26Br2N4. The summed E-state index contributed by atoms with van der Waals surface area (Å²) in [5, 5.41) is 0. The summed E-state index contributed by atoms with van der Waals surface area (Å²) in [5.41, 5.74) is 0. The topological polar surface area (TPSA) is 15.3 Å². The Kier molecular flexibility index (Phi) is 6.00. The first-order chi connectivity index (χ1) is 9.70. The van der Waals surface area contributed by atoms with Gasteiger partial charge < -0.3 is 21.9 Å². The van der Waals surface area contributed by atoms with Crippen molar-refractivity contribution in [1.82, 2.24) is 4.68 Å². The second kappa shape index (κ2) is 7.36. The fourth-order valence-electron chi connectivity index (χ4n) is 3.57. The zero-order valence-electron chi connectivity index (χ0n) is 13.1. The zero-order valence-corrected chi connectivity index (χ0v) is 16.3. The van der Waals surface area contributed by atoms with Crippen LogP contribution in [-0.2, 0) is 14.1 Å². The number of hydrogen-bond donors (Lipinski definition) is 0. The van der Waals surface area contributed by atoms with Crippen LogP contribution in [0, 0.1) is 0 Å². The second-order valence-electron chi connectivity index (χ2n) is 6.10. The minimum Gasteiger partial charge on any atom is -1.00 e. The average molecular weight is 422 g/mol. The summed E-state index contributed by atoms with van der Waals surface area (Å²) in [6.45, 7) is 4.76. The van der Waals surface area contributed by atoms with Crippen LogP contribution in [0.2, 0.25) is 0 Å². The molecule has 2 saturated heterocycles. The van der Waals surface area contributed by atoms with Gasteiger partial charge in [0.15, 0.2) is 10.3 Å². The molecule has 0 amide bonds. The van der Waals surface area contributed by atoms with Crippen molar-refractivity contribution >= 4 is 27.6 Å². The van der Waals surface area contributed by atoms with Gasteiger partial charge in [0.2, 0.25) is 0 Å². The largest absolute Gasteiger partial charge is 1.00 e. The van der Waals surface area contributed by atoms with E-state index >= 15 is 0 Å². The zero-order chi connectivity index (χ0) is 14.1. The van der Waals surface area contributed by atoms with Crippen molar-refractivity contribution in [3.05, 3.63) is 4.47 Å². The first kappa shape index (κ1) is 17.1. The van der Waals surface area contributed by atoms with Crippen molar-refractivity contribution in [2.24, 2.45) is 14.1 Å². The number of nitrogens with zero attached hydrogens (tertiary/aromatic N) is 4. The van der Waals surface area contributed by atoms with Crippen LogP contribution < -0.4 is 31.5 Å². The third kappa shape index (κ3) is 3.26. The first-order valence-corrected chi connectivity index (χ1v) is 8.74. The van der Waals surface area contributed by atoms with E-state index in [9.17, 15) is 0 Å². The summed E-state index contributed by atoms with van der Waals surface area (Å²) in [4.78, 5) is 5.09. The van der Waals surface area contributed by atoms with E-state index in [1.807, 2.05) is 0 Å². The minimum atomic E-state index is 0. The molecular weight excluding hydrogens is 396 g/mol. The molecule has 0 aliphatic carbocycles. The Hall–Kier alpha value is -0.230. The molecule has 21 heavy (non-hydrogen) atoms. The Labute approximate surface area is 147 Å². The lowest BCUT2D eigenvalue weighted by Crippen LogP contribution is -3.00. The normalized spacial score (nSPS) is 19.6. The second-order valence-corrected chi connectivity index (χ2v) is 6.90. The molecule has 0 N–H and O–H groups in total. The minimum absolute atomic E-state index is 0. The molecule has 4 nitrogen and oxygen atoms in total. The van der Waals surface area contributed by atoms with Crippen molar-refractivity contribution in [1.29, 1.82) is 0 Å². The monoisotopic (exact) mass is 420 g/mol. The maximum Gasteiger partial charge on any atom is 0.313 e. The fourth-order valence-corrected chi connectivity index (χ4v) is 4.58. The molecule has 0 saturated carbocycles. The maximum absolute atomic E-state index is 3.90. The highest BCUT2D eigenvalue weighted by Gasteiger charge is 2.32. The van der Waals surface area contributed by atoms with E-state index in [-0.39, 0.29) is 17.0 Å². The lowest BCUT2D eigenvalue weighted by molar-refractivity contribution is -0.738. The highest BCUT2D eigenvalue weighted by Crippen LogP contribution is 2.35. The highest BCUT2D eigenvalue weighted by atomic mass is 79.9. The predicted molar refractivity (Wildman–Crippen MR) is 86.4 cm³/mol. The lowest BCUT2D eigenvalue weighted by atomic mass is 10.1. The van der Waals surface area contributed by atoms with Crippen LogP contribution in [0.3, 0.4) is 0 Å². The van der Waals surface area contributed by atoms with Crippen LogP contribution in [0.5, 0.6) is 0 Å². The summed E-state index contributed by atoms with van der Waals surface area (Å²) >= 11 is 3.90. The van der Waals surface area contributed by atoms with Gasteiger partial charge in [-0.05, 0) is 54.5 Å². The molecule has 2 fully saturated rings. The molecule has 0 unspecified atom stereocenters. The third-order valence-corrected chi connectivity index (χ3v) is 5.48. The molecule has 120 valence electrons. The molecule has 6 heteroatoms. The van der Waals surface area contributed by atoms with Gasteiger partial charge in [-0.2, -0.15) is 4.68 Å². The van der Waals surface area contributed by atoms with E-state index in [0.717, 1.165) is 0 Å². The van der Waals surface area contributed by atoms with Crippen LogP contribution in [0.15, 0.2) is 4.47 Å². The standard InChI is InChI=1S/C15H26BrN4.BrH/c1-17-14(19-9-5-3-6-10-19)13(16)15(18(17)2)20-11-7-4-8-12-20;/h3-12H2,1-2H3;1H/q+1;/p-1. The number of rotatable bonds is 2. The molecule has 0 spiro atoms. The molecule has 0 radical (unpaired) electrons. The van der Waals surface area contributed by atoms with Crippen LogP contribution in [0.25, 0.3) is 0 Å². The van der Waals surface area contributed by atoms with Crippen molar-refractivity contribution < 1.29 is 21.7 Å². The van der Waals surface area contributed by atoms with Gasteiger partial charge in [-0.15, -0.1) is 0 Å². The van der Waals surface area contributed by atoms with Crippen LogP contribution >= 0.6 is 15.9 Å². The van der Waals surface area contributed by atoms with Gasteiger partial charge in [-0.3, -0.25) is 4.90 Å². The molecule has 0 aromatic carbocycles. The Morgan fingerprint density at radius 2 is 1.33 bits per heavy atom. The van der Waals surface area contributed by atoms with E-state index in [0.29, 0.717) is 0 Å². The smallest absolute Gasteiger partial charge is 0.313 e. The van der Waals surface area contributed by atoms with Gasteiger partial charge in [0.05, 0.1) is 13.1 Å². The Morgan fingerprint density at radius 3 is 1.86 bits per heavy atom. The number of hydrogen-bond acceptors (Lipinski definition) is 2. The van der Waals surface area contributed by atoms with Crippen molar-refractivity contribution in [3.8, 4) is 0 Å². The van der Waals surface area contributed by atoms with Gasteiger partial charge in [-0.25, -0.2) is 4.68 Å². The molecule has 0 atom stereocenters. The molecule has 1 aromatic rings. The van der Waals surface area contributed by atoms with Crippen molar-refractivity contribution in [2.75, 3.05) is 36.0 Å². The van der Waals surface area contributed by atoms with E-state index in [2.05, 4.69) is 49.2 Å². The Morgan fingerprint density at radius 1 is 0.857 bits per heavy atom. The summed E-state index contributed by atoms with van der Waals surface area (Å²) in [7, 11) is 4.37. The van der Waals surface area contributed by atoms with E-state index in [4.69, 9.17) is 0 Å². The number of aromatic nitrogens is 2. The lowest BCUT2D eigenvalue weighted by Gasteiger charge is -2.28. The van der Waals surface area contributed by atoms with Gasteiger partial charge in [0.25, 0.3) is 0 Å². The Bertz CT molecular complexity index is 433. The number of halogens is 2. The predicted octanol–water partition coefficient (Wildman–Crippen LogP) is -0.403. The summed E-state index contributed by atoms with van der Waals surface area (Å²) < 4.78 is 5.89. The van der Waals surface area contributed by atoms with E-state index in [1.54, 1.807) is 0 Å². The summed E-state index contributed by atoms with van der Waals surface area (Å²) in [6, 6.07) is 0. The fraction of sp³-hybridized carbons (Fsp3) is 0.800. The van der Waals surface area contributed by atoms with Crippen molar-refractivity contribution in [2.45, 2.75) is 38.5 Å². The SMILES string of the molecule is Cn1c(N2CCCCC2)c(Br)c(N2CCCCC2)[n+]1C.[Br-]. The quantitative estimate of drug-likeness (QED) is 0.603. The van der Waals surface area contributed by atoms with Gasteiger partial charge in [0.1, 0.15) is 7.05 Å². The maximum atomic E-state index is 3.90. The molecule has 0 bridgehead atoms. The Balaban J connectivity index is 0.00000161. The molecule has 3 heterocycles. The summed E-state index contributed by atoms with van der Waals surface area (Å²) in [6.07, 6.45) is 8.04. The van der Waals surface area contributed by atoms with Crippen LogP contribution in [0.1, 0.15) is 38.5 Å². The molecule has 1 aromatic heterocycles. The first-order valence-electron chi connectivity index (χ1n) is 7.94. The third-order valence-electron chi connectivity index (χ3n) is 4.77. The number of piperidine rings is 2. The van der Waals surface area contributed by atoms with Gasteiger partial charge >= 0.3 is 5.82 Å². The summed E-state index contributed by atoms with van der Waals surface area (Å²) in [5.74, 6) is 2.71.